The predicted molar refractivity (Wildman–Crippen MR) is 102 cm³/mol. The number of hydrogen-bond donors (Lipinski definition) is 1. The lowest BCUT2D eigenvalue weighted by Gasteiger charge is -2.20. The lowest BCUT2D eigenvalue weighted by molar-refractivity contribution is -0.128. The minimum Gasteiger partial charge on any atom is -0.494 e. The molecule has 0 radical (unpaired) electrons. The summed E-state index contributed by atoms with van der Waals surface area (Å²) in [4.78, 5) is 13.9. The fraction of sp³-hybridized carbons (Fsp3) is 0.450. The Balaban J connectivity index is 2.44. The summed E-state index contributed by atoms with van der Waals surface area (Å²) < 4.78 is 5.76. The molecule has 0 atom stereocenters. The van der Waals surface area contributed by atoms with Gasteiger partial charge in [0.05, 0.1) is 13.2 Å². The Labute approximate surface area is 146 Å². The first kappa shape index (κ1) is 19.8. The van der Waals surface area contributed by atoms with Gasteiger partial charge < -0.3 is 15.0 Å². The van der Waals surface area contributed by atoms with Gasteiger partial charge in [-0.25, -0.2) is 0 Å². The van der Waals surface area contributed by atoms with Gasteiger partial charge >= 0.3 is 0 Å². The zero-order chi connectivity index (χ0) is 17.6. The molecule has 0 bridgehead atoms. The van der Waals surface area contributed by atoms with Crippen molar-refractivity contribution in [2.45, 2.75) is 32.6 Å². The van der Waals surface area contributed by atoms with Crippen molar-refractivity contribution >= 4 is 11.6 Å². The number of rotatable bonds is 13. The third kappa shape index (κ3) is 7.86. The van der Waals surface area contributed by atoms with E-state index >= 15 is 0 Å². The highest BCUT2D eigenvalue weighted by molar-refractivity contribution is 5.81. The third-order valence-corrected chi connectivity index (χ3v) is 3.60. The Bertz CT molecular complexity index is 504. The number of nitrogens with one attached hydrogen (secondary N) is 1. The van der Waals surface area contributed by atoms with Gasteiger partial charge in [-0.2, -0.15) is 0 Å². The van der Waals surface area contributed by atoms with E-state index in [1.54, 1.807) is 17.1 Å². The summed E-state index contributed by atoms with van der Waals surface area (Å²) in [6, 6.07) is 7.73. The molecule has 0 aliphatic carbocycles. The van der Waals surface area contributed by atoms with Crippen LogP contribution in [0.1, 0.15) is 32.6 Å². The van der Waals surface area contributed by atoms with E-state index in [-0.39, 0.29) is 12.5 Å². The minimum absolute atomic E-state index is 0.0145. The van der Waals surface area contributed by atoms with Crippen molar-refractivity contribution in [1.29, 1.82) is 0 Å². The molecular formula is C20H30N2O2. The molecule has 0 unspecified atom stereocenters. The van der Waals surface area contributed by atoms with Crippen LogP contribution in [0.5, 0.6) is 5.75 Å². The maximum Gasteiger partial charge on any atom is 0.242 e. The van der Waals surface area contributed by atoms with Gasteiger partial charge in [-0.1, -0.05) is 44.4 Å². The van der Waals surface area contributed by atoms with Crippen LogP contribution in [-0.2, 0) is 4.79 Å². The molecule has 0 aliphatic rings. The second-order valence-corrected chi connectivity index (χ2v) is 5.67. The quantitative estimate of drug-likeness (QED) is 0.434. The smallest absolute Gasteiger partial charge is 0.242 e. The zero-order valence-corrected chi connectivity index (χ0v) is 14.8. The topological polar surface area (TPSA) is 41.6 Å². The van der Waals surface area contributed by atoms with E-state index in [0.29, 0.717) is 13.1 Å². The Kier molecular flexibility index (Phi) is 10.1. The van der Waals surface area contributed by atoms with Crippen LogP contribution in [0.2, 0.25) is 0 Å². The van der Waals surface area contributed by atoms with Gasteiger partial charge in [0, 0.05) is 24.8 Å². The molecule has 1 aromatic rings. The van der Waals surface area contributed by atoms with E-state index in [1.807, 2.05) is 24.3 Å². The molecule has 1 rings (SSSR count). The van der Waals surface area contributed by atoms with Crippen LogP contribution in [-0.4, -0.2) is 37.0 Å². The Morgan fingerprint density at radius 1 is 1.21 bits per heavy atom. The molecule has 1 N–H and O–H groups in total. The van der Waals surface area contributed by atoms with E-state index in [2.05, 4.69) is 25.4 Å². The molecular weight excluding hydrogens is 300 g/mol. The SMILES string of the molecule is C=CCN(CC=C)C(=O)CNc1cccc(OCCCCCC)c1. The maximum absolute atomic E-state index is 12.2. The van der Waals surface area contributed by atoms with Crippen LogP contribution >= 0.6 is 0 Å². The molecule has 0 saturated carbocycles. The second-order valence-electron chi connectivity index (χ2n) is 5.67. The van der Waals surface area contributed by atoms with E-state index < -0.39 is 0 Å². The van der Waals surface area contributed by atoms with E-state index in [4.69, 9.17) is 4.74 Å². The number of benzene rings is 1. The first-order valence-electron chi connectivity index (χ1n) is 8.67. The van der Waals surface area contributed by atoms with Crippen molar-refractivity contribution < 1.29 is 9.53 Å². The molecule has 0 saturated heterocycles. The van der Waals surface area contributed by atoms with Gasteiger partial charge in [-0.05, 0) is 18.6 Å². The molecule has 0 aliphatic heterocycles. The summed E-state index contributed by atoms with van der Waals surface area (Å²) >= 11 is 0. The van der Waals surface area contributed by atoms with Crippen LogP contribution in [0.15, 0.2) is 49.6 Å². The number of amides is 1. The Morgan fingerprint density at radius 2 is 1.96 bits per heavy atom. The van der Waals surface area contributed by atoms with Gasteiger partial charge in [0.25, 0.3) is 0 Å². The Morgan fingerprint density at radius 3 is 2.62 bits per heavy atom. The number of carbonyl (C=O) groups is 1. The third-order valence-electron chi connectivity index (χ3n) is 3.60. The van der Waals surface area contributed by atoms with Crippen molar-refractivity contribution in [3.8, 4) is 5.75 Å². The standard InChI is InChI=1S/C20H30N2O2/c1-4-7-8-9-15-24-19-12-10-11-18(16-19)21-17-20(23)22(13-5-2)14-6-3/h5-6,10-12,16,21H,2-4,7-9,13-15,17H2,1H3. The summed E-state index contributed by atoms with van der Waals surface area (Å²) in [5.74, 6) is 0.846. The van der Waals surface area contributed by atoms with Crippen LogP contribution in [0.3, 0.4) is 0 Å². The van der Waals surface area contributed by atoms with Gasteiger partial charge in [-0.3, -0.25) is 4.79 Å². The number of nitrogens with zero attached hydrogens (tertiary/aromatic N) is 1. The van der Waals surface area contributed by atoms with Gasteiger partial charge in [0.2, 0.25) is 5.91 Å². The van der Waals surface area contributed by atoms with Crippen molar-refractivity contribution in [3.05, 3.63) is 49.6 Å². The van der Waals surface area contributed by atoms with Crippen LogP contribution < -0.4 is 10.1 Å². The van der Waals surface area contributed by atoms with Crippen LogP contribution in [0.4, 0.5) is 5.69 Å². The lowest BCUT2D eigenvalue weighted by atomic mass is 10.2. The maximum atomic E-state index is 12.2. The molecule has 4 nitrogen and oxygen atoms in total. The summed E-state index contributed by atoms with van der Waals surface area (Å²) in [7, 11) is 0. The van der Waals surface area contributed by atoms with Gasteiger partial charge in [-0.15, -0.1) is 13.2 Å². The van der Waals surface area contributed by atoms with E-state index in [1.165, 1.54) is 19.3 Å². The fourth-order valence-electron chi connectivity index (χ4n) is 2.29. The first-order valence-corrected chi connectivity index (χ1v) is 8.67. The molecule has 132 valence electrons. The predicted octanol–water partition coefficient (Wildman–Crippen LogP) is 4.26. The minimum atomic E-state index is 0.0145. The summed E-state index contributed by atoms with van der Waals surface area (Å²) in [6.07, 6.45) is 8.18. The molecule has 0 aromatic heterocycles. The van der Waals surface area contributed by atoms with E-state index in [0.717, 1.165) is 24.5 Å². The Hall–Kier alpha value is -2.23. The monoisotopic (exact) mass is 330 g/mol. The molecule has 1 amide bonds. The molecule has 4 heteroatoms. The zero-order valence-electron chi connectivity index (χ0n) is 14.8. The highest BCUT2D eigenvalue weighted by Crippen LogP contribution is 2.17. The van der Waals surface area contributed by atoms with Crippen molar-refractivity contribution in [3.63, 3.8) is 0 Å². The number of ether oxygens (including phenoxy) is 1. The normalized spacial score (nSPS) is 10.0. The van der Waals surface area contributed by atoms with Crippen LogP contribution in [0, 0.1) is 0 Å². The number of anilines is 1. The van der Waals surface area contributed by atoms with Gasteiger partial charge in [0.15, 0.2) is 0 Å². The average Bonchev–Trinajstić information content (AvgIpc) is 2.60. The highest BCUT2D eigenvalue weighted by Gasteiger charge is 2.10. The second kappa shape index (κ2) is 12.2. The largest absolute Gasteiger partial charge is 0.494 e. The average molecular weight is 330 g/mol. The lowest BCUT2D eigenvalue weighted by Crippen LogP contribution is -2.35. The first-order chi connectivity index (χ1) is 11.7. The molecule has 1 aromatic carbocycles. The number of unbranched alkanes of at least 4 members (excludes halogenated alkanes) is 3. The summed E-state index contributed by atoms with van der Waals surface area (Å²) in [5.41, 5.74) is 0.881. The summed E-state index contributed by atoms with van der Waals surface area (Å²) in [6.45, 7) is 11.6. The summed E-state index contributed by atoms with van der Waals surface area (Å²) in [5, 5.41) is 3.15. The van der Waals surface area contributed by atoms with Crippen molar-refractivity contribution in [2.75, 3.05) is 31.6 Å². The van der Waals surface area contributed by atoms with Crippen molar-refractivity contribution in [2.24, 2.45) is 0 Å². The van der Waals surface area contributed by atoms with Gasteiger partial charge in [0.1, 0.15) is 5.75 Å². The molecule has 24 heavy (non-hydrogen) atoms. The van der Waals surface area contributed by atoms with Crippen LogP contribution in [0.25, 0.3) is 0 Å². The highest BCUT2D eigenvalue weighted by atomic mass is 16.5. The fourth-order valence-corrected chi connectivity index (χ4v) is 2.29. The number of carbonyl (C=O) groups excluding carboxylic acids is 1. The molecule has 0 spiro atoms. The van der Waals surface area contributed by atoms with Crippen molar-refractivity contribution in [1.82, 2.24) is 4.90 Å². The van der Waals surface area contributed by atoms with E-state index in [9.17, 15) is 4.79 Å². The number of hydrogen-bond acceptors (Lipinski definition) is 3. The molecule has 0 fully saturated rings. The molecule has 0 heterocycles.